The third-order valence-electron chi connectivity index (χ3n) is 4.98. The van der Waals surface area contributed by atoms with Crippen LogP contribution in [0.2, 0.25) is 0 Å². The van der Waals surface area contributed by atoms with Crippen LogP contribution in [0.3, 0.4) is 0 Å². The summed E-state index contributed by atoms with van der Waals surface area (Å²) in [6.07, 6.45) is 5.79. The van der Waals surface area contributed by atoms with Gasteiger partial charge in [-0.25, -0.2) is 4.68 Å². The highest BCUT2D eigenvalue weighted by Crippen LogP contribution is 2.38. The van der Waals surface area contributed by atoms with Gasteiger partial charge in [-0.05, 0) is 65.1 Å². The van der Waals surface area contributed by atoms with Crippen molar-refractivity contribution in [2.45, 2.75) is 25.0 Å². The molecule has 0 bridgehead atoms. The second kappa shape index (κ2) is 7.73. The van der Waals surface area contributed by atoms with Crippen molar-refractivity contribution >= 4 is 5.91 Å². The van der Waals surface area contributed by atoms with Gasteiger partial charge in [-0.15, -0.1) is 5.10 Å². The van der Waals surface area contributed by atoms with Gasteiger partial charge in [-0.3, -0.25) is 9.78 Å². The van der Waals surface area contributed by atoms with E-state index in [0.717, 1.165) is 11.3 Å². The van der Waals surface area contributed by atoms with Crippen molar-refractivity contribution < 1.29 is 14.6 Å². The summed E-state index contributed by atoms with van der Waals surface area (Å²) in [5.74, 6) is 0.577. The number of carbonyl (C=O) groups is 1. The Hall–Kier alpha value is -3.33. The summed E-state index contributed by atoms with van der Waals surface area (Å²) in [6.45, 7) is 0. The fourth-order valence-corrected chi connectivity index (χ4v) is 3.36. The highest BCUT2D eigenvalue weighted by atomic mass is 16.5. The van der Waals surface area contributed by atoms with Crippen LogP contribution in [0.1, 0.15) is 34.8 Å². The Kier molecular flexibility index (Phi) is 4.98. The number of benzene rings is 1. The van der Waals surface area contributed by atoms with Crippen molar-refractivity contribution in [3.05, 3.63) is 60.2 Å². The number of aliphatic hydroxyl groups is 1. The fourth-order valence-electron chi connectivity index (χ4n) is 3.36. The van der Waals surface area contributed by atoms with Gasteiger partial charge in [0.05, 0.1) is 31.1 Å². The van der Waals surface area contributed by atoms with Gasteiger partial charge in [-0.2, -0.15) is 0 Å². The second-order valence-electron chi connectivity index (χ2n) is 6.80. The lowest BCUT2D eigenvalue weighted by atomic mass is 9.75. The maximum atomic E-state index is 12.8. The summed E-state index contributed by atoms with van der Waals surface area (Å²) >= 11 is 0. The van der Waals surface area contributed by atoms with Crippen molar-refractivity contribution in [3.63, 3.8) is 0 Å². The molecule has 1 aliphatic carbocycles. The summed E-state index contributed by atoms with van der Waals surface area (Å²) < 4.78 is 6.77. The number of amides is 1. The molecule has 0 saturated heterocycles. The largest absolute Gasteiger partial charge is 0.495 e. The number of methoxy groups -OCH3 is 1. The lowest BCUT2D eigenvalue weighted by Gasteiger charge is -2.38. The lowest BCUT2D eigenvalue weighted by Crippen LogP contribution is -2.41. The van der Waals surface area contributed by atoms with Crippen molar-refractivity contribution in [2.75, 3.05) is 7.11 Å². The minimum Gasteiger partial charge on any atom is -0.495 e. The normalized spacial score (nSPS) is 19.5. The van der Waals surface area contributed by atoms with Crippen LogP contribution in [0.15, 0.2) is 49.1 Å². The maximum Gasteiger partial charge on any atom is 0.251 e. The number of nitrogens with zero attached hydrogens (tertiary/aromatic N) is 5. The Balaban J connectivity index is 1.53. The molecule has 1 atom stereocenters. The van der Waals surface area contributed by atoms with Crippen LogP contribution in [0.4, 0.5) is 0 Å². The van der Waals surface area contributed by atoms with Crippen LogP contribution in [0, 0.1) is 5.92 Å². The standard InChI is InChI=1S/C19H20N6O3/c1-28-17-8-14(9-20-10-17)18(13-6-16(26)7-13)22-19(27)12-2-4-15(5-3-12)25-11-21-23-24-25/h2-5,8-11,13,16,18,26H,6-7H2,1H3,(H,22,27)/t13?,16?,18-/m0/s1. The van der Waals surface area contributed by atoms with Crippen molar-refractivity contribution in [1.29, 1.82) is 0 Å². The number of hydrogen-bond acceptors (Lipinski definition) is 7. The van der Waals surface area contributed by atoms with Crippen molar-refractivity contribution in [3.8, 4) is 11.4 Å². The van der Waals surface area contributed by atoms with Gasteiger partial charge < -0.3 is 15.2 Å². The van der Waals surface area contributed by atoms with Crippen molar-refractivity contribution in [2.24, 2.45) is 5.92 Å². The molecule has 0 unspecified atom stereocenters. The monoisotopic (exact) mass is 380 g/mol. The zero-order valence-corrected chi connectivity index (χ0v) is 15.3. The molecule has 3 aromatic rings. The molecule has 28 heavy (non-hydrogen) atoms. The molecule has 1 saturated carbocycles. The predicted molar refractivity (Wildman–Crippen MR) is 98.9 cm³/mol. The van der Waals surface area contributed by atoms with Crippen LogP contribution in [-0.2, 0) is 0 Å². The molecule has 1 aromatic carbocycles. The summed E-state index contributed by atoms with van der Waals surface area (Å²) in [4.78, 5) is 17.0. The molecule has 1 fully saturated rings. The highest BCUT2D eigenvalue weighted by Gasteiger charge is 2.36. The molecule has 0 aliphatic heterocycles. The van der Waals surface area contributed by atoms with Gasteiger partial charge in [0.15, 0.2) is 0 Å². The van der Waals surface area contributed by atoms with E-state index in [4.69, 9.17) is 4.74 Å². The zero-order valence-electron chi connectivity index (χ0n) is 15.3. The number of carbonyl (C=O) groups excluding carboxylic acids is 1. The van der Waals surface area contributed by atoms with Gasteiger partial charge in [0, 0.05) is 11.8 Å². The first-order valence-electron chi connectivity index (χ1n) is 8.95. The molecule has 9 heteroatoms. The Bertz CT molecular complexity index is 939. The van der Waals surface area contributed by atoms with E-state index >= 15 is 0 Å². The number of nitrogens with one attached hydrogen (secondary N) is 1. The highest BCUT2D eigenvalue weighted by molar-refractivity contribution is 5.94. The van der Waals surface area contributed by atoms with Crippen LogP contribution in [-0.4, -0.2) is 49.4 Å². The summed E-state index contributed by atoms with van der Waals surface area (Å²) in [5.41, 5.74) is 2.14. The zero-order chi connectivity index (χ0) is 19.5. The van der Waals surface area contributed by atoms with Crippen LogP contribution in [0.25, 0.3) is 5.69 Å². The number of aliphatic hydroxyl groups excluding tert-OH is 1. The third-order valence-corrected chi connectivity index (χ3v) is 4.98. The Labute approximate surface area is 161 Å². The third kappa shape index (κ3) is 3.70. The van der Waals surface area contributed by atoms with E-state index in [9.17, 15) is 9.90 Å². The quantitative estimate of drug-likeness (QED) is 0.662. The summed E-state index contributed by atoms with van der Waals surface area (Å²) in [6, 6.07) is 8.62. The van der Waals surface area contributed by atoms with E-state index in [1.54, 1.807) is 43.8 Å². The van der Waals surface area contributed by atoms with E-state index in [0.29, 0.717) is 24.2 Å². The van der Waals surface area contributed by atoms with E-state index in [1.165, 1.54) is 11.0 Å². The van der Waals surface area contributed by atoms with Crippen molar-refractivity contribution in [1.82, 2.24) is 30.5 Å². The minimum absolute atomic E-state index is 0.147. The molecule has 2 N–H and O–H groups in total. The van der Waals surface area contributed by atoms with Crippen LogP contribution >= 0.6 is 0 Å². The Morgan fingerprint density at radius 2 is 2.07 bits per heavy atom. The summed E-state index contributed by atoms with van der Waals surface area (Å²) in [7, 11) is 1.58. The number of pyridine rings is 1. The molecule has 2 heterocycles. The molecule has 2 aromatic heterocycles. The predicted octanol–water partition coefficient (Wildman–Crippen LogP) is 1.31. The molecule has 9 nitrogen and oxygen atoms in total. The minimum atomic E-state index is -0.321. The van der Waals surface area contributed by atoms with E-state index in [-0.39, 0.29) is 24.0 Å². The topological polar surface area (TPSA) is 115 Å². The fraction of sp³-hybridized carbons (Fsp3) is 0.316. The van der Waals surface area contributed by atoms with Gasteiger partial charge >= 0.3 is 0 Å². The Morgan fingerprint density at radius 1 is 1.29 bits per heavy atom. The van der Waals surface area contributed by atoms with E-state index in [1.807, 2.05) is 6.07 Å². The average molecular weight is 380 g/mol. The number of ether oxygens (including phenoxy) is 1. The first-order valence-corrected chi connectivity index (χ1v) is 8.95. The Morgan fingerprint density at radius 3 is 2.71 bits per heavy atom. The van der Waals surface area contributed by atoms with Gasteiger partial charge in [-0.1, -0.05) is 0 Å². The number of aromatic nitrogens is 5. The summed E-state index contributed by atoms with van der Waals surface area (Å²) in [5, 5.41) is 23.8. The molecule has 144 valence electrons. The van der Waals surface area contributed by atoms with E-state index in [2.05, 4.69) is 25.8 Å². The van der Waals surface area contributed by atoms with Gasteiger partial charge in [0.2, 0.25) is 0 Å². The molecule has 0 radical (unpaired) electrons. The van der Waals surface area contributed by atoms with Crippen LogP contribution in [0.5, 0.6) is 5.75 Å². The van der Waals surface area contributed by atoms with Gasteiger partial charge in [0.25, 0.3) is 5.91 Å². The molecular formula is C19H20N6O3. The van der Waals surface area contributed by atoms with E-state index < -0.39 is 0 Å². The molecule has 1 amide bonds. The second-order valence-corrected chi connectivity index (χ2v) is 6.80. The molecule has 1 aliphatic rings. The number of hydrogen-bond donors (Lipinski definition) is 2. The number of tetrazole rings is 1. The molecule has 4 rings (SSSR count). The first kappa shape index (κ1) is 18.1. The molecular weight excluding hydrogens is 360 g/mol. The number of rotatable bonds is 6. The smallest absolute Gasteiger partial charge is 0.251 e. The molecule has 0 spiro atoms. The SMILES string of the molecule is COc1cncc([C@@H](NC(=O)c2ccc(-n3cnnn3)cc2)C2CC(O)C2)c1. The van der Waals surface area contributed by atoms with Gasteiger partial charge in [0.1, 0.15) is 12.1 Å². The maximum absolute atomic E-state index is 12.8. The average Bonchev–Trinajstić information content (AvgIpc) is 3.25. The van der Waals surface area contributed by atoms with Crippen LogP contribution < -0.4 is 10.1 Å². The first-order chi connectivity index (χ1) is 13.6. The lowest BCUT2D eigenvalue weighted by molar-refractivity contribution is 0.0234.